The Balaban J connectivity index is 2.24. The first-order valence-corrected chi connectivity index (χ1v) is 6.52. The average molecular weight is 289 g/mol. The van der Waals surface area contributed by atoms with E-state index in [1.54, 1.807) is 11.3 Å². The molecule has 2 heterocycles. The van der Waals surface area contributed by atoms with Crippen LogP contribution in [0.3, 0.4) is 0 Å². The molecule has 0 bridgehead atoms. The molecule has 1 aliphatic rings. The molecule has 0 aliphatic carbocycles. The molecule has 0 radical (unpaired) electrons. The predicted octanol–water partition coefficient (Wildman–Crippen LogP) is 2.71. The van der Waals surface area contributed by atoms with Crippen molar-refractivity contribution in [2.45, 2.75) is 18.9 Å². The monoisotopic (exact) mass is 288 g/mol. The van der Waals surface area contributed by atoms with Gasteiger partial charge >= 0.3 is 0 Å². The van der Waals surface area contributed by atoms with Crippen LogP contribution in [0.5, 0.6) is 0 Å². The van der Waals surface area contributed by atoms with Crippen LogP contribution in [0.4, 0.5) is 0 Å². The summed E-state index contributed by atoms with van der Waals surface area (Å²) in [6.45, 7) is 0.785. The summed E-state index contributed by atoms with van der Waals surface area (Å²) in [6.07, 6.45) is 4.27. The van der Waals surface area contributed by atoms with Gasteiger partial charge in [-0.3, -0.25) is 5.84 Å². The van der Waals surface area contributed by atoms with Crippen LogP contribution >= 0.6 is 27.3 Å². The van der Waals surface area contributed by atoms with E-state index >= 15 is 0 Å². The second-order valence-corrected chi connectivity index (χ2v) is 5.13. The lowest BCUT2D eigenvalue weighted by Gasteiger charge is -2.22. The van der Waals surface area contributed by atoms with Crippen molar-refractivity contribution >= 4 is 27.3 Å². The Morgan fingerprint density at radius 2 is 2.47 bits per heavy atom. The van der Waals surface area contributed by atoms with Gasteiger partial charge in [-0.25, -0.2) is 5.43 Å². The van der Waals surface area contributed by atoms with Gasteiger partial charge in [-0.05, 0) is 46.3 Å². The predicted molar refractivity (Wildman–Crippen MR) is 65.4 cm³/mol. The first kappa shape index (κ1) is 11.1. The zero-order chi connectivity index (χ0) is 10.7. The quantitative estimate of drug-likeness (QED) is 0.664. The molecule has 82 valence electrons. The van der Waals surface area contributed by atoms with Crippen molar-refractivity contribution in [1.82, 2.24) is 5.43 Å². The Bertz CT molecular complexity index is 364. The molecule has 1 atom stereocenters. The molecule has 3 N–H and O–H groups in total. The van der Waals surface area contributed by atoms with Gasteiger partial charge in [0.1, 0.15) is 11.8 Å². The number of hydrogen-bond donors (Lipinski definition) is 2. The normalized spacial score (nSPS) is 18.1. The van der Waals surface area contributed by atoms with Crippen LogP contribution in [0.25, 0.3) is 0 Å². The standard InChI is InChI=1S/C10H13BrN2OS/c11-7-4-6-15-10(7)9(13-12)8-3-1-2-5-14-8/h3-4,6,9,13H,1-2,5,12H2. The first-order chi connectivity index (χ1) is 7.33. The number of nitrogens with two attached hydrogens (primary N) is 1. The Morgan fingerprint density at radius 3 is 3.00 bits per heavy atom. The van der Waals surface area contributed by atoms with E-state index in [1.807, 2.05) is 11.4 Å². The molecular formula is C10H13BrN2OS. The fourth-order valence-corrected chi connectivity index (χ4v) is 3.24. The zero-order valence-electron chi connectivity index (χ0n) is 8.20. The van der Waals surface area contributed by atoms with Crippen LogP contribution in [-0.4, -0.2) is 6.61 Å². The lowest BCUT2D eigenvalue weighted by atomic mass is 10.1. The molecule has 3 nitrogen and oxygen atoms in total. The van der Waals surface area contributed by atoms with E-state index in [0.717, 1.165) is 34.6 Å². The maximum atomic E-state index is 5.61. The summed E-state index contributed by atoms with van der Waals surface area (Å²) < 4.78 is 6.69. The SMILES string of the molecule is NNC(C1=CCCCO1)c1sccc1Br. The third-order valence-electron chi connectivity index (χ3n) is 2.32. The van der Waals surface area contributed by atoms with Crippen molar-refractivity contribution in [2.24, 2.45) is 5.84 Å². The van der Waals surface area contributed by atoms with Crippen molar-refractivity contribution in [3.8, 4) is 0 Å². The summed E-state index contributed by atoms with van der Waals surface area (Å²) in [4.78, 5) is 1.16. The fourth-order valence-electron chi connectivity index (χ4n) is 1.58. The minimum Gasteiger partial charge on any atom is -0.496 e. The van der Waals surface area contributed by atoms with E-state index in [-0.39, 0.29) is 6.04 Å². The highest BCUT2D eigenvalue weighted by molar-refractivity contribution is 9.10. The van der Waals surface area contributed by atoms with E-state index in [2.05, 4.69) is 27.4 Å². The van der Waals surface area contributed by atoms with E-state index in [1.165, 1.54) is 0 Å². The third kappa shape index (κ3) is 2.42. The summed E-state index contributed by atoms with van der Waals surface area (Å²) >= 11 is 5.17. The van der Waals surface area contributed by atoms with Crippen LogP contribution in [0.1, 0.15) is 23.8 Å². The fraction of sp³-hybridized carbons (Fsp3) is 0.400. The van der Waals surface area contributed by atoms with Gasteiger partial charge in [0.25, 0.3) is 0 Å². The summed E-state index contributed by atoms with van der Waals surface area (Å²) in [5.41, 5.74) is 2.80. The molecule has 1 aromatic rings. The molecule has 0 amide bonds. The first-order valence-electron chi connectivity index (χ1n) is 4.85. The zero-order valence-corrected chi connectivity index (χ0v) is 10.6. The molecule has 0 saturated heterocycles. The second kappa shape index (κ2) is 5.12. The summed E-state index contributed by atoms with van der Waals surface area (Å²) in [5.74, 6) is 6.52. The van der Waals surface area contributed by atoms with Crippen LogP contribution in [-0.2, 0) is 4.74 Å². The Hall–Kier alpha value is -0.360. The highest BCUT2D eigenvalue weighted by Crippen LogP contribution is 2.34. The number of rotatable bonds is 3. The second-order valence-electron chi connectivity index (χ2n) is 3.33. The minimum atomic E-state index is -0.0281. The average Bonchev–Trinajstić information content (AvgIpc) is 2.68. The van der Waals surface area contributed by atoms with Gasteiger partial charge in [0, 0.05) is 9.35 Å². The molecule has 0 spiro atoms. The summed E-state index contributed by atoms with van der Waals surface area (Å²) in [7, 11) is 0. The lowest BCUT2D eigenvalue weighted by Crippen LogP contribution is -2.30. The molecule has 0 fully saturated rings. The number of hydrogen-bond acceptors (Lipinski definition) is 4. The van der Waals surface area contributed by atoms with Crippen LogP contribution in [0, 0.1) is 0 Å². The van der Waals surface area contributed by atoms with Crippen molar-refractivity contribution in [3.63, 3.8) is 0 Å². The molecule has 1 unspecified atom stereocenters. The number of thiophene rings is 1. The maximum Gasteiger partial charge on any atom is 0.116 e. The molecule has 0 saturated carbocycles. The largest absolute Gasteiger partial charge is 0.496 e. The van der Waals surface area contributed by atoms with Gasteiger partial charge in [0.05, 0.1) is 6.61 Å². The van der Waals surface area contributed by atoms with Crippen LogP contribution in [0.15, 0.2) is 27.8 Å². The van der Waals surface area contributed by atoms with Gasteiger partial charge in [0.2, 0.25) is 0 Å². The maximum absolute atomic E-state index is 5.61. The van der Waals surface area contributed by atoms with Gasteiger partial charge in [-0.15, -0.1) is 11.3 Å². The Morgan fingerprint density at radius 1 is 1.60 bits per heavy atom. The Labute approximate surface area is 101 Å². The summed E-state index contributed by atoms with van der Waals surface area (Å²) in [6, 6.07) is 1.99. The number of hydrazine groups is 1. The van der Waals surface area contributed by atoms with E-state index in [0.29, 0.717) is 0 Å². The summed E-state index contributed by atoms with van der Waals surface area (Å²) in [5, 5.41) is 2.03. The van der Waals surface area contributed by atoms with Crippen molar-refractivity contribution < 1.29 is 4.74 Å². The lowest BCUT2D eigenvalue weighted by molar-refractivity contribution is 0.168. The highest BCUT2D eigenvalue weighted by atomic mass is 79.9. The minimum absolute atomic E-state index is 0.0281. The number of allylic oxidation sites excluding steroid dienone is 1. The van der Waals surface area contributed by atoms with Gasteiger partial charge < -0.3 is 4.74 Å². The highest BCUT2D eigenvalue weighted by Gasteiger charge is 2.21. The smallest absolute Gasteiger partial charge is 0.116 e. The van der Waals surface area contributed by atoms with Gasteiger partial charge in [-0.2, -0.15) is 0 Å². The van der Waals surface area contributed by atoms with Gasteiger partial charge in [0.15, 0.2) is 0 Å². The number of nitrogens with one attached hydrogen (secondary N) is 1. The van der Waals surface area contributed by atoms with Gasteiger partial charge in [-0.1, -0.05) is 0 Å². The van der Waals surface area contributed by atoms with Crippen LogP contribution in [0.2, 0.25) is 0 Å². The third-order valence-corrected chi connectivity index (χ3v) is 4.26. The van der Waals surface area contributed by atoms with E-state index in [4.69, 9.17) is 10.6 Å². The number of ether oxygens (including phenoxy) is 1. The molecule has 2 rings (SSSR count). The molecular weight excluding hydrogens is 276 g/mol. The van der Waals surface area contributed by atoms with Crippen LogP contribution < -0.4 is 11.3 Å². The Kier molecular flexibility index (Phi) is 3.80. The molecule has 1 aliphatic heterocycles. The topological polar surface area (TPSA) is 47.3 Å². The van der Waals surface area contributed by atoms with Crippen molar-refractivity contribution in [1.29, 1.82) is 0 Å². The number of halogens is 1. The molecule has 5 heteroatoms. The van der Waals surface area contributed by atoms with E-state index in [9.17, 15) is 0 Å². The van der Waals surface area contributed by atoms with E-state index < -0.39 is 0 Å². The van der Waals surface area contributed by atoms with Crippen molar-refractivity contribution in [2.75, 3.05) is 6.61 Å². The molecule has 15 heavy (non-hydrogen) atoms. The molecule has 0 aromatic carbocycles. The molecule has 1 aromatic heterocycles. The van der Waals surface area contributed by atoms with Crippen molar-refractivity contribution in [3.05, 3.63) is 32.6 Å².